The molecule has 1 rings (SSSR count). The zero-order chi connectivity index (χ0) is 13.0. The Bertz CT molecular complexity index is 402. The monoisotopic (exact) mass is 236 g/mol. The van der Waals surface area contributed by atoms with Crippen molar-refractivity contribution in [3.63, 3.8) is 0 Å². The summed E-state index contributed by atoms with van der Waals surface area (Å²) in [6, 6.07) is 1.93. The molecule has 0 aliphatic carbocycles. The van der Waals surface area contributed by atoms with Crippen LogP contribution in [-0.2, 0) is 11.2 Å². The fourth-order valence-corrected chi connectivity index (χ4v) is 1.80. The maximum Gasteiger partial charge on any atom is 0.314 e. The molecule has 0 saturated carbocycles. The van der Waals surface area contributed by atoms with Crippen LogP contribution < -0.4 is 0 Å². The Morgan fingerprint density at radius 1 is 1.41 bits per heavy atom. The highest BCUT2D eigenvalue weighted by Gasteiger charge is 2.21. The molecule has 4 heteroatoms. The minimum atomic E-state index is -0.853. The second-order valence-electron chi connectivity index (χ2n) is 4.76. The van der Waals surface area contributed by atoms with Crippen molar-refractivity contribution in [2.45, 2.75) is 46.5 Å². The number of aryl methyl sites for hydroxylation is 1. The molecule has 17 heavy (non-hydrogen) atoms. The topological polar surface area (TPSA) is 63.1 Å². The molecule has 0 bridgehead atoms. The molecular weight excluding hydrogens is 216 g/mol. The van der Waals surface area contributed by atoms with E-state index in [0.29, 0.717) is 18.2 Å². The van der Waals surface area contributed by atoms with Gasteiger partial charge in [-0.25, -0.2) is 9.97 Å². The lowest BCUT2D eigenvalue weighted by Crippen LogP contribution is -2.16. The van der Waals surface area contributed by atoms with Crippen LogP contribution in [0.2, 0.25) is 0 Å². The van der Waals surface area contributed by atoms with Gasteiger partial charge in [-0.2, -0.15) is 0 Å². The van der Waals surface area contributed by atoms with Crippen molar-refractivity contribution in [1.29, 1.82) is 0 Å². The van der Waals surface area contributed by atoms with Crippen molar-refractivity contribution in [2.24, 2.45) is 5.92 Å². The van der Waals surface area contributed by atoms with Gasteiger partial charge in [-0.3, -0.25) is 4.79 Å². The van der Waals surface area contributed by atoms with Crippen LogP contribution in [0.1, 0.15) is 50.3 Å². The van der Waals surface area contributed by atoms with E-state index < -0.39 is 11.9 Å². The third-order valence-corrected chi connectivity index (χ3v) is 2.56. The van der Waals surface area contributed by atoms with E-state index in [1.165, 1.54) is 0 Å². The lowest BCUT2D eigenvalue weighted by molar-refractivity contribution is -0.139. The summed E-state index contributed by atoms with van der Waals surface area (Å²) in [5.41, 5.74) is 1.77. The largest absolute Gasteiger partial charge is 0.481 e. The van der Waals surface area contributed by atoms with Crippen LogP contribution in [0.3, 0.4) is 0 Å². The van der Waals surface area contributed by atoms with Crippen molar-refractivity contribution in [1.82, 2.24) is 9.97 Å². The number of nitrogens with zero attached hydrogens (tertiary/aromatic N) is 2. The van der Waals surface area contributed by atoms with E-state index in [2.05, 4.69) is 23.8 Å². The molecule has 0 fully saturated rings. The Hall–Kier alpha value is -1.45. The smallest absolute Gasteiger partial charge is 0.314 e. The van der Waals surface area contributed by atoms with Crippen LogP contribution in [0.25, 0.3) is 0 Å². The summed E-state index contributed by atoms with van der Waals surface area (Å²) in [4.78, 5) is 19.7. The molecule has 1 heterocycles. The quantitative estimate of drug-likeness (QED) is 0.853. The van der Waals surface area contributed by atoms with Gasteiger partial charge in [0, 0.05) is 11.4 Å². The maximum absolute atomic E-state index is 11.1. The van der Waals surface area contributed by atoms with Crippen LogP contribution in [0.15, 0.2) is 6.07 Å². The SMILES string of the molecule is CCC(C(=O)O)c1nc(C)cc(CC(C)C)n1. The van der Waals surface area contributed by atoms with Gasteiger partial charge in [0.1, 0.15) is 11.7 Å². The van der Waals surface area contributed by atoms with Crippen LogP contribution in [-0.4, -0.2) is 21.0 Å². The van der Waals surface area contributed by atoms with Gasteiger partial charge < -0.3 is 5.11 Å². The fraction of sp³-hybridized carbons (Fsp3) is 0.615. The average molecular weight is 236 g/mol. The number of hydrogen-bond donors (Lipinski definition) is 1. The molecule has 1 unspecified atom stereocenters. The molecule has 1 aromatic heterocycles. The first-order valence-electron chi connectivity index (χ1n) is 6.01. The van der Waals surface area contributed by atoms with Gasteiger partial charge in [0.15, 0.2) is 0 Å². The summed E-state index contributed by atoms with van der Waals surface area (Å²) in [6.45, 7) is 7.95. The van der Waals surface area contributed by atoms with Crippen molar-refractivity contribution in [3.8, 4) is 0 Å². The number of rotatable bonds is 5. The predicted octanol–water partition coefficient (Wildman–Crippen LogP) is 2.56. The van der Waals surface area contributed by atoms with Gasteiger partial charge in [0.05, 0.1) is 0 Å². The van der Waals surface area contributed by atoms with E-state index in [9.17, 15) is 4.79 Å². The van der Waals surface area contributed by atoms with E-state index in [0.717, 1.165) is 17.8 Å². The third kappa shape index (κ3) is 3.80. The zero-order valence-electron chi connectivity index (χ0n) is 10.9. The predicted molar refractivity (Wildman–Crippen MR) is 66.0 cm³/mol. The highest BCUT2D eigenvalue weighted by atomic mass is 16.4. The number of carboxylic acids is 1. The van der Waals surface area contributed by atoms with Gasteiger partial charge in [-0.1, -0.05) is 20.8 Å². The molecule has 0 amide bonds. The van der Waals surface area contributed by atoms with Gasteiger partial charge in [-0.05, 0) is 31.7 Å². The minimum absolute atomic E-state index is 0.440. The van der Waals surface area contributed by atoms with Crippen LogP contribution in [0, 0.1) is 12.8 Å². The van der Waals surface area contributed by atoms with Crippen molar-refractivity contribution in [3.05, 3.63) is 23.3 Å². The van der Waals surface area contributed by atoms with E-state index in [4.69, 9.17) is 5.11 Å². The molecule has 1 N–H and O–H groups in total. The lowest BCUT2D eigenvalue weighted by atomic mass is 10.0. The van der Waals surface area contributed by atoms with Crippen molar-refractivity contribution >= 4 is 5.97 Å². The van der Waals surface area contributed by atoms with Crippen LogP contribution in [0.4, 0.5) is 0 Å². The Morgan fingerprint density at radius 2 is 2.06 bits per heavy atom. The first-order valence-corrected chi connectivity index (χ1v) is 6.01. The van der Waals surface area contributed by atoms with Crippen molar-refractivity contribution in [2.75, 3.05) is 0 Å². The first kappa shape index (κ1) is 13.6. The van der Waals surface area contributed by atoms with Gasteiger partial charge >= 0.3 is 5.97 Å². The van der Waals surface area contributed by atoms with E-state index in [1.54, 1.807) is 0 Å². The fourth-order valence-electron chi connectivity index (χ4n) is 1.80. The van der Waals surface area contributed by atoms with E-state index >= 15 is 0 Å². The summed E-state index contributed by atoms with van der Waals surface area (Å²) >= 11 is 0. The molecule has 94 valence electrons. The standard InChI is InChI=1S/C13H20N2O2/c1-5-11(13(16)17)12-14-9(4)7-10(15-12)6-8(2)3/h7-8,11H,5-6H2,1-4H3,(H,16,17). The normalized spacial score (nSPS) is 12.8. The van der Waals surface area contributed by atoms with Gasteiger partial charge in [0.25, 0.3) is 0 Å². The Labute approximate surface area is 102 Å². The number of hydrogen-bond acceptors (Lipinski definition) is 3. The summed E-state index contributed by atoms with van der Waals surface area (Å²) in [6.07, 6.45) is 1.37. The molecule has 4 nitrogen and oxygen atoms in total. The number of carbonyl (C=O) groups is 1. The average Bonchev–Trinajstić information content (AvgIpc) is 2.15. The molecule has 0 aliphatic rings. The third-order valence-electron chi connectivity index (χ3n) is 2.56. The Kier molecular flexibility index (Phi) is 4.61. The second kappa shape index (κ2) is 5.75. The number of aromatic nitrogens is 2. The Balaban J connectivity index is 3.07. The van der Waals surface area contributed by atoms with Crippen molar-refractivity contribution < 1.29 is 9.90 Å². The van der Waals surface area contributed by atoms with Crippen LogP contribution >= 0.6 is 0 Å². The molecule has 0 saturated heterocycles. The van der Waals surface area contributed by atoms with Gasteiger partial charge in [0.2, 0.25) is 0 Å². The first-order chi connectivity index (χ1) is 7.93. The number of carboxylic acid groups (broad SMARTS) is 1. The molecule has 0 aromatic carbocycles. The maximum atomic E-state index is 11.1. The highest BCUT2D eigenvalue weighted by Crippen LogP contribution is 2.17. The summed E-state index contributed by atoms with van der Waals surface area (Å²) in [7, 11) is 0. The highest BCUT2D eigenvalue weighted by molar-refractivity contribution is 5.74. The lowest BCUT2D eigenvalue weighted by Gasteiger charge is -2.12. The van der Waals surface area contributed by atoms with Gasteiger partial charge in [-0.15, -0.1) is 0 Å². The summed E-state index contributed by atoms with van der Waals surface area (Å²) in [5, 5.41) is 9.11. The van der Waals surface area contributed by atoms with E-state index in [1.807, 2.05) is 19.9 Å². The second-order valence-corrected chi connectivity index (χ2v) is 4.76. The molecule has 1 atom stereocenters. The zero-order valence-corrected chi connectivity index (χ0v) is 10.9. The Morgan fingerprint density at radius 3 is 2.53 bits per heavy atom. The molecule has 1 aromatic rings. The molecule has 0 spiro atoms. The molecule has 0 aliphatic heterocycles. The van der Waals surface area contributed by atoms with Crippen LogP contribution in [0.5, 0.6) is 0 Å². The molecular formula is C13H20N2O2. The summed E-state index contributed by atoms with van der Waals surface area (Å²) < 4.78 is 0. The minimum Gasteiger partial charge on any atom is -0.481 e. The van der Waals surface area contributed by atoms with E-state index in [-0.39, 0.29) is 0 Å². The summed E-state index contributed by atoms with van der Waals surface area (Å²) in [5.74, 6) is -0.507. The number of aliphatic carboxylic acids is 1. The molecule has 0 radical (unpaired) electrons.